The molecule has 3 unspecified atom stereocenters. The number of carboxylic acids is 1. The van der Waals surface area contributed by atoms with Gasteiger partial charge >= 0.3 is 5.97 Å². The van der Waals surface area contributed by atoms with Crippen molar-refractivity contribution >= 4 is 5.97 Å². The van der Waals surface area contributed by atoms with Crippen molar-refractivity contribution in [2.24, 2.45) is 50.7 Å². The number of aliphatic hydroxyl groups is 2. The molecule has 5 aliphatic carbocycles. The summed E-state index contributed by atoms with van der Waals surface area (Å²) in [5.74, 6) is 1.10. The summed E-state index contributed by atoms with van der Waals surface area (Å²) in [5.41, 5.74) is 0.524. The minimum atomic E-state index is -0.767. The largest absolute Gasteiger partial charge is 0.481 e. The molecule has 0 aromatic heterocycles. The topological polar surface area (TPSA) is 87.0 Å². The van der Waals surface area contributed by atoms with Crippen LogP contribution in [0.15, 0.2) is 0 Å². The zero-order chi connectivity index (χ0) is 24.5. The van der Waals surface area contributed by atoms with Crippen molar-refractivity contribution in [2.75, 3.05) is 0 Å². The van der Waals surface area contributed by atoms with Gasteiger partial charge in [-0.1, -0.05) is 34.6 Å². The van der Waals surface area contributed by atoms with Gasteiger partial charge in [-0.15, -0.1) is 0 Å². The summed E-state index contributed by atoms with van der Waals surface area (Å²) < 4.78 is 6.60. The monoisotopic (exact) mass is 474 g/mol. The molecular formula is C29H46O5. The van der Waals surface area contributed by atoms with Crippen LogP contribution in [0.1, 0.15) is 98.8 Å². The van der Waals surface area contributed by atoms with Crippen LogP contribution in [0, 0.1) is 50.7 Å². The smallest absolute Gasteiger partial charge is 0.303 e. The van der Waals surface area contributed by atoms with Gasteiger partial charge in [0.25, 0.3) is 0 Å². The maximum Gasteiger partial charge on any atom is 0.303 e. The highest BCUT2D eigenvalue weighted by Crippen LogP contribution is 2.89. The summed E-state index contributed by atoms with van der Waals surface area (Å²) in [6, 6.07) is 0. The average molecular weight is 475 g/mol. The van der Waals surface area contributed by atoms with E-state index in [0.717, 1.165) is 32.1 Å². The molecule has 5 nitrogen and oxygen atoms in total. The van der Waals surface area contributed by atoms with Crippen LogP contribution in [0.3, 0.4) is 0 Å². The number of hydrogen-bond acceptors (Lipinski definition) is 4. The van der Waals surface area contributed by atoms with Crippen molar-refractivity contribution in [3.05, 3.63) is 0 Å². The molecule has 6 aliphatic rings. The van der Waals surface area contributed by atoms with Crippen LogP contribution in [0.2, 0.25) is 0 Å². The predicted molar refractivity (Wildman–Crippen MR) is 129 cm³/mol. The third-order valence-corrected chi connectivity index (χ3v) is 13.5. The van der Waals surface area contributed by atoms with Crippen LogP contribution in [0.4, 0.5) is 0 Å². The standard InChI is InChI=1S/C29H46O5/c1-16-14-17(6-9-21(31)32)34-23-22(16)26(4)12-13-29-15-28(29)11-10-20(30)25(2,3)18(28)7-8-19(29)27(26,5)24(23)33/h16-20,22-24,30,33H,6-15H2,1-5H3,(H,31,32)/t16-,17?,18+,19?,20+,22+,23?,24+,26-,27-,28-,29+/m1/s1. The molecule has 192 valence electrons. The number of aliphatic carboxylic acids is 1. The summed E-state index contributed by atoms with van der Waals surface area (Å²) in [4.78, 5) is 11.2. The van der Waals surface area contributed by atoms with E-state index in [1.165, 1.54) is 19.3 Å². The van der Waals surface area contributed by atoms with Crippen molar-refractivity contribution in [1.29, 1.82) is 0 Å². The van der Waals surface area contributed by atoms with Gasteiger partial charge in [-0.25, -0.2) is 0 Å². The van der Waals surface area contributed by atoms with E-state index >= 15 is 0 Å². The van der Waals surface area contributed by atoms with E-state index in [9.17, 15) is 20.1 Å². The van der Waals surface area contributed by atoms with Crippen molar-refractivity contribution < 1.29 is 24.9 Å². The van der Waals surface area contributed by atoms with Gasteiger partial charge in [0.15, 0.2) is 0 Å². The molecule has 5 saturated carbocycles. The molecular weight excluding hydrogens is 428 g/mol. The molecule has 1 heterocycles. The molecule has 5 heteroatoms. The van der Waals surface area contributed by atoms with E-state index in [1.54, 1.807) is 0 Å². The maximum absolute atomic E-state index is 12.1. The van der Waals surface area contributed by atoms with Crippen molar-refractivity contribution in [1.82, 2.24) is 0 Å². The predicted octanol–water partition coefficient (Wildman–Crippen LogP) is 5.03. The van der Waals surface area contributed by atoms with Gasteiger partial charge in [-0.2, -0.15) is 0 Å². The van der Waals surface area contributed by atoms with E-state index < -0.39 is 12.1 Å². The fourth-order valence-corrected chi connectivity index (χ4v) is 11.9. The molecule has 34 heavy (non-hydrogen) atoms. The molecule has 3 N–H and O–H groups in total. The Kier molecular flexibility index (Phi) is 4.89. The normalized spacial score (nSPS) is 59.1. The Morgan fingerprint density at radius 1 is 0.971 bits per heavy atom. The number of fused-ring (bicyclic) bond motifs is 4. The molecule has 0 bridgehead atoms. The Bertz CT molecular complexity index is 886. The lowest BCUT2D eigenvalue weighted by Gasteiger charge is -2.63. The summed E-state index contributed by atoms with van der Waals surface area (Å²) in [7, 11) is 0. The van der Waals surface area contributed by atoms with Gasteiger partial charge < -0.3 is 20.1 Å². The first-order chi connectivity index (χ1) is 15.8. The van der Waals surface area contributed by atoms with Crippen LogP contribution < -0.4 is 0 Å². The Hall–Kier alpha value is -0.650. The van der Waals surface area contributed by atoms with Crippen LogP contribution in [0.5, 0.6) is 0 Å². The van der Waals surface area contributed by atoms with Gasteiger partial charge in [-0.05, 0) is 103 Å². The molecule has 2 spiro atoms. The molecule has 1 saturated heterocycles. The second-order valence-electron chi connectivity index (χ2n) is 14.6. The Balaban J connectivity index is 1.34. The zero-order valence-electron chi connectivity index (χ0n) is 21.8. The maximum atomic E-state index is 12.1. The van der Waals surface area contributed by atoms with Gasteiger partial charge in [0.1, 0.15) is 0 Å². The fourth-order valence-electron chi connectivity index (χ4n) is 11.9. The summed E-state index contributed by atoms with van der Waals surface area (Å²) in [6.45, 7) is 11.8. The Labute approximate surface area is 205 Å². The third-order valence-electron chi connectivity index (χ3n) is 13.5. The first kappa shape index (κ1) is 23.7. The number of rotatable bonds is 3. The molecule has 0 aromatic rings. The van der Waals surface area contributed by atoms with Gasteiger partial charge in [0.2, 0.25) is 0 Å². The minimum absolute atomic E-state index is 0.0222. The van der Waals surface area contributed by atoms with E-state index in [1.807, 2.05) is 0 Å². The Morgan fingerprint density at radius 2 is 1.65 bits per heavy atom. The quantitative estimate of drug-likeness (QED) is 0.534. The van der Waals surface area contributed by atoms with Gasteiger partial charge in [0, 0.05) is 11.8 Å². The van der Waals surface area contributed by atoms with E-state index in [-0.39, 0.29) is 41.0 Å². The Morgan fingerprint density at radius 3 is 2.35 bits per heavy atom. The second-order valence-corrected chi connectivity index (χ2v) is 14.6. The highest BCUT2D eigenvalue weighted by Gasteiger charge is 2.84. The first-order valence-electron chi connectivity index (χ1n) is 14.1. The van der Waals surface area contributed by atoms with E-state index in [0.29, 0.717) is 40.9 Å². The van der Waals surface area contributed by atoms with Crippen LogP contribution in [0.25, 0.3) is 0 Å². The highest BCUT2D eigenvalue weighted by atomic mass is 16.5. The fraction of sp³-hybridized carbons (Fsp3) is 0.966. The molecule has 0 radical (unpaired) electrons. The summed E-state index contributed by atoms with van der Waals surface area (Å²) in [5, 5.41) is 32.1. The number of hydrogen-bond donors (Lipinski definition) is 3. The number of carbonyl (C=O) groups is 1. The molecule has 6 rings (SSSR count). The summed E-state index contributed by atoms with van der Waals surface area (Å²) in [6.07, 6.45) is 8.76. The number of aliphatic hydroxyl groups excluding tert-OH is 2. The van der Waals surface area contributed by atoms with E-state index in [2.05, 4.69) is 34.6 Å². The molecule has 6 fully saturated rings. The third kappa shape index (κ3) is 2.55. The minimum Gasteiger partial charge on any atom is -0.481 e. The SMILES string of the molecule is C[C@@H]1CC(CCC(=O)O)OC2[C@H]1[C@@]1(C)CC[C@@]34C[C@@]35CC[C@H](O)C(C)(C)[C@@H]5CCC4[C@]1(C)[C@H]2O. The highest BCUT2D eigenvalue weighted by molar-refractivity contribution is 5.66. The molecule has 12 atom stereocenters. The zero-order valence-corrected chi connectivity index (χ0v) is 21.8. The number of carboxylic acid groups (broad SMARTS) is 1. The second kappa shape index (κ2) is 7.01. The first-order valence-corrected chi connectivity index (χ1v) is 14.1. The summed E-state index contributed by atoms with van der Waals surface area (Å²) >= 11 is 0. The van der Waals surface area contributed by atoms with Crippen molar-refractivity contribution in [3.63, 3.8) is 0 Å². The van der Waals surface area contributed by atoms with Gasteiger partial charge in [0.05, 0.1) is 24.4 Å². The van der Waals surface area contributed by atoms with Crippen LogP contribution in [-0.2, 0) is 9.53 Å². The van der Waals surface area contributed by atoms with Crippen LogP contribution >= 0.6 is 0 Å². The average Bonchev–Trinajstić information content (AvgIpc) is 3.40. The van der Waals surface area contributed by atoms with Gasteiger partial charge in [-0.3, -0.25) is 4.79 Å². The molecule has 0 aromatic carbocycles. The lowest BCUT2D eigenvalue weighted by molar-refractivity contribution is -0.182. The number of ether oxygens (including phenoxy) is 1. The molecule has 1 aliphatic heterocycles. The lowest BCUT2D eigenvalue weighted by atomic mass is 9.41. The van der Waals surface area contributed by atoms with Crippen molar-refractivity contribution in [3.8, 4) is 0 Å². The molecule has 0 amide bonds. The van der Waals surface area contributed by atoms with Crippen LogP contribution in [-0.4, -0.2) is 45.7 Å². The van der Waals surface area contributed by atoms with E-state index in [4.69, 9.17) is 4.74 Å². The van der Waals surface area contributed by atoms with Crippen molar-refractivity contribution in [2.45, 2.75) is 123 Å². The lowest BCUT2D eigenvalue weighted by Crippen LogP contribution is -2.59.